The SMILES string of the molecule is NC(=O)c1ccc(NC(=S)Nc2ccc(Br)cc2Cl)cc1. The van der Waals surface area contributed by atoms with Gasteiger partial charge in [0, 0.05) is 15.7 Å². The van der Waals surface area contributed by atoms with Gasteiger partial charge in [0.05, 0.1) is 10.7 Å². The second-order valence-electron chi connectivity index (χ2n) is 4.14. The number of benzene rings is 2. The summed E-state index contributed by atoms with van der Waals surface area (Å²) in [6, 6.07) is 12.1. The van der Waals surface area contributed by atoms with Crippen LogP contribution in [0, 0.1) is 0 Å². The van der Waals surface area contributed by atoms with Gasteiger partial charge < -0.3 is 16.4 Å². The Bertz CT molecular complexity index is 691. The van der Waals surface area contributed by atoms with Crippen LogP contribution in [-0.4, -0.2) is 11.0 Å². The molecule has 0 saturated carbocycles. The van der Waals surface area contributed by atoms with Gasteiger partial charge in [-0.15, -0.1) is 0 Å². The fraction of sp³-hybridized carbons (Fsp3) is 0. The van der Waals surface area contributed by atoms with Gasteiger partial charge in [-0.1, -0.05) is 27.5 Å². The maximum atomic E-state index is 11.0. The minimum atomic E-state index is -0.469. The van der Waals surface area contributed by atoms with Crippen LogP contribution in [0.5, 0.6) is 0 Å². The first-order valence-corrected chi connectivity index (χ1v) is 7.46. The number of carbonyl (C=O) groups is 1. The summed E-state index contributed by atoms with van der Waals surface area (Å²) in [4.78, 5) is 11.0. The first kappa shape index (κ1) is 15.8. The smallest absolute Gasteiger partial charge is 0.248 e. The highest BCUT2D eigenvalue weighted by Crippen LogP contribution is 2.25. The second kappa shape index (κ2) is 6.89. The molecule has 2 aromatic rings. The molecule has 0 heterocycles. The summed E-state index contributed by atoms with van der Waals surface area (Å²) >= 11 is 14.6. The summed E-state index contributed by atoms with van der Waals surface area (Å²) in [5.74, 6) is -0.469. The van der Waals surface area contributed by atoms with E-state index in [0.29, 0.717) is 21.4 Å². The van der Waals surface area contributed by atoms with E-state index in [-0.39, 0.29) is 0 Å². The van der Waals surface area contributed by atoms with Crippen LogP contribution in [0.1, 0.15) is 10.4 Å². The monoisotopic (exact) mass is 383 g/mol. The average molecular weight is 385 g/mol. The number of hydrogen-bond donors (Lipinski definition) is 3. The molecular weight excluding hydrogens is 374 g/mol. The number of amides is 1. The van der Waals surface area contributed by atoms with Crippen LogP contribution in [0.2, 0.25) is 5.02 Å². The van der Waals surface area contributed by atoms with E-state index < -0.39 is 5.91 Å². The molecule has 4 nitrogen and oxygen atoms in total. The molecule has 0 spiro atoms. The van der Waals surface area contributed by atoms with Crippen molar-refractivity contribution in [1.29, 1.82) is 0 Å². The molecule has 0 unspecified atom stereocenters. The zero-order chi connectivity index (χ0) is 15.4. The fourth-order valence-electron chi connectivity index (χ4n) is 1.59. The molecule has 0 bridgehead atoms. The van der Waals surface area contributed by atoms with E-state index in [2.05, 4.69) is 26.6 Å². The molecule has 21 heavy (non-hydrogen) atoms. The summed E-state index contributed by atoms with van der Waals surface area (Å²) in [6.45, 7) is 0. The number of rotatable bonds is 3. The van der Waals surface area contributed by atoms with Gasteiger partial charge in [-0.3, -0.25) is 4.79 Å². The van der Waals surface area contributed by atoms with Gasteiger partial charge in [0.25, 0.3) is 0 Å². The zero-order valence-corrected chi connectivity index (χ0v) is 13.8. The fourth-order valence-corrected chi connectivity index (χ4v) is 2.54. The molecule has 7 heteroatoms. The lowest BCUT2D eigenvalue weighted by atomic mass is 10.2. The average Bonchev–Trinajstić information content (AvgIpc) is 2.42. The van der Waals surface area contributed by atoms with E-state index in [0.717, 1.165) is 10.2 Å². The van der Waals surface area contributed by atoms with Crippen molar-refractivity contribution >= 4 is 62.1 Å². The van der Waals surface area contributed by atoms with Crippen molar-refractivity contribution in [2.45, 2.75) is 0 Å². The predicted octanol–water partition coefficient (Wildman–Crippen LogP) is 4.01. The van der Waals surface area contributed by atoms with E-state index >= 15 is 0 Å². The van der Waals surface area contributed by atoms with Crippen molar-refractivity contribution in [3.05, 3.63) is 57.5 Å². The van der Waals surface area contributed by atoms with Crippen LogP contribution in [0.25, 0.3) is 0 Å². The van der Waals surface area contributed by atoms with Gasteiger partial charge in [0.15, 0.2) is 5.11 Å². The highest BCUT2D eigenvalue weighted by atomic mass is 79.9. The second-order valence-corrected chi connectivity index (χ2v) is 5.88. The Kier molecular flexibility index (Phi) is 5.17. The van der Waals surface area contributed by atoms with Crippen LogP contribution in [-0.2, 0) is 0 Å². The summed E-state index contributed by atoms with van der Waals surface area (Å²) in [6.07, 6.45) is 0. The maximum Gasteiger partial charge on any atom is 0.248 e. The quantitative estimate of drug-likeness (QED) is 0.700. The maximum absolute atomic E-state index is 11.0. The number of primary amides is 1. The Labute approximate surface area is 140 Å². The molecule has 4 N–H and O–H groups in total. The Hall–Kier alpha value is -1.63. The lowest BCUT2D eigenvalue weighted by Gasteiger charge is -2.12. The predicted molar refractivity (Wildman–Crippen MR) is 94.0 cm³/mol. The van der Waals surface area contributed by atoms with Gasteiger partial charge in [-0.25, -0.2) is 0 Å². The van der Waals surface area contributed by atoms with E-state index in [1.54, 1.807) is 30.3 Å². The van der Waals surface area contributed by atoms with E-state index in [4.69, 9.17) is 29.6 Å². The third kappa shape index (κ3) is 4.42. The normalized spacial score (nSPS) is 10.0. The summed E-state index contributed by atoms with van der Waals surface area (Å²) in [5.41, 5.74) is 7.06. The number of hydrogen-bond acceptors (Lipinski definition) is 2. The molecule has 0 radical (unpaired) electrons. The Balaban J connectivity index is 2.02. The number of anilines is 2. The highest BCUT2D eigenvalue weighted by molar-refractivity contribution is 9.10. The third-order valence-electron chi connectivity index (χ3n) is 2.61. The van der Waals surface area contributed by atoms with Crippen molar-refractivity contribution in [3.8, 4) is 0 Å². The lowest BCUT2D eigenvalue weighted by Crippen LogP contribution is -2.19. The molecule has 0 aliphatic rings. The number of nitrogens with two attached hydrogens (primary N) is 1. The summed E-state index contributed by atoms with van der Waals surface area (Å²) in [5, 5.41) is 6.94. The first-order chi connectivity index (χ1) is 9.95. The molecule has 0 atom stereocenters. The molecule has 0 aromatic heterocycles. The van der Waals surface area contributed by atoms with Crippen molar-refractivity contribution in [3.63, 3.8) is 0 Å². The molecule has 2 rings (SSSR count). The standard InChI is InChI=1S/C14H11BrClN3OS/c15-9-3-6-12(11(16)7-9)19-14(21)18-10-4-1-8(2-5-10)13(17)20/h1-7H,(H2,17,20)(H2,18,19,21). The Morgan fingerprint density at radius 1 is 1.14 bits per heavy atom. The third-order valence-corrected chi connectivity index (χ3v) is 3.62. The highest BCUT2D eigenvalue weighted by Gasteiger charge is 2.05. The topological polar surface area (TPSA) is 67.2 Å². The van der Waals surface area contributed by atoms with Crippen molar-refractivity contribution in [2.24, 2.45) is 5.73 Å². The minimum Gasteiger partial charge on any atom is -0.366 e. The van der Waals surface area contributed by atoms with Gasteiger partial charge >= 0.3 is 0 Å². The Morgan fingerprint density at radius 2 is 1.81 bits per heavy atom. The molecule has 0 fully saturated rings. The van der Waals surface area contributed by atoms with Crippen molar-refractivity contribution in [1.82, 2.24) is 0 Å². The molecule has 0 saturated heterocycles. The first-order valence-electron chi connectivity index (χ1n) is 5.88. The Morgan fingerprint density at radius 3 is 2.38 bits per heavy atom. The van der Waals surface area contributed by atoms with Crippen LogP contribution >= 0.6 is 39.7 Å². The van der Waals surface area contributed by atoms with Crippen LogP contribution in [0.4, 0.5) is 11.4 Å². The van der Waals surface area contributed by atoms with Gasteiger partial charge in [0.1, 0.15) is 0 Å². The lowest BCUT2D eigenvalue weighted by molar-refractivity contribution is 0.100. The number of halogens is 2. The van der Waals surface area contributed by atoms with E-state index in [9.17, 15) is 4.79 Å². The minimum absolute atomic E-state index is 0.394. The number of nitrogens with one attached hydrogen (secondary N) is 2. The number of thiocarbonyl (C=S) groups is 1. The molecule has 0 aliphatic heterocycles. The summed E-state index contributed by atoms with van der Waals surface area (Å²) < 4.78 is 0.888. The van der Waals surface area contributed by atoms with Crippen LogP contribution < -0.4 is 16.4 Å². The molecular formula is C14H11BrClN3OS. The van der Waals surface area contributed by atoms with Crippen LogP contribution in [0.3, 0.4) is 0 Å². The number of carbonyl (C=O) groups excluding carboxylic acids is 1. The molecule has 1 amide bonds. The van der Waals surface area contributed by atoms with Crippen LogP contribution in [0.15, 0.2) is 46.9 Å². The molecule has 0 aliphatic carbocycles. The van der Waals surface area contributed by atoms with Crippen molar-refractivity contribution in [2.75, 3.05) is 10.6 Å². The zero-order valence-electron chi connectivity index (χ0n) is 10.7. The molecule has 108 valence electrons. The molecule has 2 aromatic carbocycles. The summed E-state index contributed by atoms with van der Waals surface area (Å²) in [7, 11) is 0. The van der Waals surface area contributed by atoms with E-state index in [1.165, 1.54) is 0 Å². The van der Waals surface area contributed by atoms with Gasteiger partial charge in [-0.2, -0.15) is 0 Å². The van der Waals surface area contributed by atoms with Crippen molar-refractivity contribution < 1.29 is 4.79 Å². The largest absolute Gasteiger partial charge is 0.366 e. The van der Waals surface area contributed by atoms with Gasteiger partial charge in [-0.05, 0) is 54.7 Å². The van der Waals surface area contributed by atoms with Gasteiger partial charge in [0.2, 0.25) is 5.91 Å². The van der Waals surface area contributed by atoms with E-state index in [1.807, 2.05) is 12.1 Å².